The third kappa shape index (κ3) is 1.82. The van der Waals surface area contributed by atoms with Crippen molar-refractivity contribution < 1.29 is 9.47 Å². The van der Waals surface area contributed by atoms with E-state index in [9.17, 15) is 0 Å². The highest BCUT2D eigenvalue weighted by Crippen LogP contribution is 2.44. The Morgan fingerprint density at radius 1 is 1.21 bits per heavy atom. The highest BCUT2D eigenvalue weighted by atomic mass is 16.7. The van der Waals surface area contributed by atoms with Crippen molar-refractivity contribution in [3.05, 3.63) is 0 Å². The van der Waals surface area contributed by atoms with Gasteiger partial charge in [0.15, 0.2) is 5.79 Å². The summed E-state index contributed by atoms with van der Waals surface area (Å²) in [5, 5.41) is 0. The van der Waals surface area contributed by atoms with Gasteiger partial charge in [0.05, 0.1) is 13.2 Å². The highest BCUT2D eigenvalue weighted by molar-refractivity contribution is 4.87. The molecule has 82 valence electrons. The minimum Gasteiger partial charge on any atom is -0.348 e. The fourth-order valence-corrected chi connectivity index (χ4v) is 2.98. The summed E-state index contributed by atoms with van der Waals surface area (Å²) < 4.78 is 11.6. The van der Waals surface area contributed by atoms with E-state index < -0.39 is 0 Å². The first-order valence-corrected chi connectivity index (χ1v) is 5.91. The largest absolute Gasteiger partial charge is 0.348 e. The van der Waals surface area contributed by atoms with E-state index in [0.29, 0.717) is 0 Å². The van der Waals surface area contributed by atoms with E-state index >= 15 is 0 Å². The summed E-state index contributed by atoms with van der Waals surface area (Å²) in [5.41, 5.74) is 0. The topological polar surface area (TPSA) is 18.5 Å². The molecule has 1 saturated carbocycles. The Balaban J connectivity index is 2.04. The minimum atomic E-state index is -0.193. The fourth-order valence-electron chi connectivity index (χ4n) is 2.98. The molecule has 14 heavy (non-hydrogen) atoms. The van der Waals surface area contributed by atoms with E-state index in [4.69, 9.17) is 9.47 Å². The predicted octanol–water partition coefficient (Wildman–Crippen LogP) is 2.82. The van der Waals surface area contributed by atoms with Gasteiger partial charge in [-0.15, -0.1) is 0 Å². The van der Waals surface area contributed by atoms with Gasteiger partial charge in [-0.05, 0) is 24.2 Å². The van der Waals surface area contributed by atoms with Gasteiger partial charge in [0.1, 0.15) is 0 Å². The molecule has 2 aliphatic rings. The molecular weight excluding hydrogens is 176 g/mol. The lowest BCUT2D eigenvalue weighted by molar-refractivity contribution is -0.197. The van der Waals surface area contributed by atoms with Crippen LogP contribution < -0.4 is 0 Å². The molecule has 2 fully saturated rings. The van der Waals surface area contributed by atoms with Gasteiger partial charge >= 0.3 is 0 Å². The fraction of sp³-hybridized carbons (Fsp3) is 1.00. The van der Waals surface area contributed by atoms with Gasteiger partial charge in [-0.25, -0.2) is 0 Å². The first-order valence-electron chi connectivity index (χ1n) is 5.91. The van der Waals surface area contributed by atoms with Crippen LogP contribution in [-0.4, -0.2) is 19.0 Å². The van der Waals surface area contributed by atoms with E-state index in [1.165, 1.54) is 6.42 Å². The van der Waals surface area contributed by atoms with Crippen LogP contribution in [-0.2, 0) is 9.47 Å². The van der Waals surface area contributed by atoms with E-state index in [-0.39, 0.29) is 5.79 Å². The molecule has 1 heterocycles. The van der Waals surface area contributed by atoms with Crippen LogP contribution in [0, 0.1) is 17.8 Å². The van der Waals surface area contributed by atoms with Gasteiger partial charge in [-0.3, -0.25) is 0 Å². The second-order valence-electron chi connectivity index (χ2n) is 5.24. The van der Waals surface area contributed by atoms with Crippen molar-refractivity contribution in [2.45, 2.75) is 45.8 Å². The van der Waals surface area contributed by atoms with Crippen LogP contribution in [0.25, 0.3) is 0 Å². The van der Waals surface area contributed by atoms with Crippen LogP contribution in [0.1, 0.15) is 40.0 Å². The quantitative estimate of drug-likeness (QED) is 0.645. The minimum absolute atomic E-state index is 0.193. The van der Waals surface area contributed by atoms with Crippen LogP contribution in [0.15, 0.2) is 0 Å². The SMILES string of the molecule is CC(C)[C@@H]1CC2(CCC1C)OCCO2. The molecule has 0 aromatic rings. The van der Waals surface area contributed by atoms with Crippen molar-refractivity contribution in [3.8, 4) is 0 Å². The molecule has 0 N–H and O–H groups in total. The van der Waals surface area contributed by atoms with Crippen molar-refractivity contribution in [2.24, 2.45) is 17.8 Å². The highest BCUT2D eigenvalue weighted by Gasteiger charge is 2.44. The first kappa shape index (κ1) is 10.4. The summed E-state index contributed by atoms with van der Waals surface area (Å²) in [5.74, 6) is 2.15. The van der Waals surface area contributed by atoms with Gasteiger partial charge in [-0.2, -0.15) is 0 Å². The maximum absolute atomic E-state index is 5.79. The normalized spacial score (nSPS) is 36.9. The monoisotopic (exact) mass is 198 g/mol. The van der Waals surface area contributed by atoms with Gasteiger partial charge in [0, 0.05) is 12.8 Å². The first-order chi connectivity index (χ1) is 6.63. The maximum atomic E-state index is 5.79. The number of rotatable bonds is 1. The molecule has 1 spiro atoms. The number of ether oxygens (including phenoxy) is 2. The van der Waals surface area contributed by atoms with E-state index in [1.54, 1.807) is 0 Å². The van der Waals surface area contributed by atoms with Crippen LogP contribution in [0.5, 0.6) is 0 Å². The molecule has 2 rings (SSSR count). The summed E-state index contributed by atoms with van der Waals surface area (Å²) in [4.78, 5) is 0. The molecule has 0 radical (unpaired) electrons. The van der Waals surface area contributed by atoms with Crippen LogP contribution in [0.2, 0.25) is 0 Å². The van der Waals surface area contributed by atoms with Gasteiger partial charge in [-0.1, -0.05) is 20.8 Å². The summed E-state index contributed by atoms with van der Waals surface area (Å²) in [6, 6.07) is 0. The van der Waals surface area contributed by atoms with Crippen molar-refractivity contribution in [2.75, 3.05) is 13.2 Å². The average molecular weight is 198 g/mol. The van der Waals surface area contributed by atoms with Crippen molar-refractivity contribution in [1.29, 1.82) is 0 Å². The number of hydrogen-bond donors (Lipinski definition) is 0. The number of hydrogen-bond acceptors (Lipinski definition) is 2. The van der Waals surface area contributed by atoms with Crippen LogP contribution >= 0.6 is 0 Å². The molecule has 0 aromatic heterocycles. The zero-order valence-electron chi connectivity index (χ0n) is 9.58. The standard InChI is InChI=1S/C12H22O2/c1-9(2)11-8-12(5-4-10(11)3)13-6-7-14-12/h9-11H,4-8H2,1-3H3/t10?,11-/m0/s1. The Morgan fingerprint density at radius 2 is 1.86 bits per heavy atom. The van der Waals surface area contributed by atoms with Crippen molar-refractivity contribution in [1.82, 2.24) is 0 Å². The summed E-state index contributed by atoms with van der Waals surface area (Å²) in [6.45, 7) is 8.58. The molecule has 1 aliphatic carbocycles. The van der Waals surface area contributed by atoms with Gasteiger partial charge in [0.2, 0.25) is 0 Å². The Hall–Kier alpha value is -0.0800. The molecule has 1 saturated heterocycles. The lowest BCUT2D eigenvalue weighted by Gasteiger charge is -2.41. The summed E-state index contributed by atoms with van der Waals surface area (Å²) in [6.07, 6.45) is 3.45. The molecule has 2 heteroatoms. The molecule has 0 bridgehead atoms. The molecule has 0 amide bonds. The molecule has 2 nitrogen and oxygen atoms in total. The maximum Gasteiger partial charge on any atom is 0.168 e. The van der Waals surface area contributed by atoms with E-state index in [1.807, 2.05) is 0 Å². The average Bonchev–Trinajstić information content (AvgIpc) is 2.58. The van der Waals surface area contributed by atoms with Gasteiger partial charge < -0.3 is 9.47 Å². The second kappa shape index (κ2) is 3.82. The predicted molar refractivity (Wildman–Crippen MR) is 56.0 cm³/mol. The molecule has 1 unspecified atom stereocenters. The zero-order valence-corrected chi connectivity index (χ0v) is 9.58. The zero-order chi connectivity index (χ0) is 10.2. The Labute approximate surface area is 87.0 Å². The van der Waals surface area contributed by atoms with Crippen molar-refractivity contribution >= 4 is 0 Å². The third-order valence-electron chi connectivity index (χ3n) is 3.93. The Bertz CT molecular complexity index is 194. The van der Waals surface area contributed by atoms with E-state index in [0.717, 1.165) is 43.8 Å². The van der Waals surface area contributed by atoms with Crippen LogP contribution in [0.3, 0.4) is 0 Å². The smallest absolute Gasteiger partial charge is 0.168 e. The molecule has 2 atom stereocenters. The molecule has 0 aromatic carbocycles. The molecule has 1 aliphatic heterocycles. The lowest BCUT2D eigenvalue weighted by Crippen LogP contribution is -2.41. The molecular formula is C12H22O2. The Kier molecular flexibility index (Phi) is 2.85. The van der Waals surface area contributed by atoms with Gasteiger partial charge in [0.25, 0.3) is 0 Å². The lowest BCUT2D eigenvalue weighted by atomic mass is 9.72. The second-order valence-corrected chi connectivity index (χ2v) is 5.24. The summed E-state index contributed by atoms with van der Waals surface area (Å²) in [7, 11) is 0. The summed E-state index contributed by atoms with van der Waals surface area (Å²) >= 11 is 0. The Morgan fingerprint density at radius 3 is 2.43 bits per heavy atom. The third-order valence-corrected chi connectivity index (χ3v) is 3.93. The van der Waals surface area contributed by atoms with Crippen LogP contribution in [0.4, 0.5) is 0 Å². The van der Waals surface area contributed by atoms with E-state index in [2.05, 4.69) is 20.8 Å². The van der Waals surface area contributed by atoms with Crippen molar-refractivity contribution in [3.63, 3.8) is 0 Å².